The summed E-state index contributed by atoms with van der Waals surface area (Å²) < 4.78 is 23.6. The molecule has 8 heteroatoms. The highest BCUT2D eigenvalue weighted by Gasteiger charge is 2.28. The number of aromatic nitrogens is 1. The van der Waals surface area contributed by atoms with Crippen molar-refractivity contribution in [3.8, 4) is 0 Å². The van der Waals surface area contributed by atoms with E-state index in [-0.39, 0.29) is 21.7 Å². The second-order valence-corrected chi connectivity index (χ2v) is 10.0. The minimum absolute atomic E-state index is 0.0860. The molecule has 1 unspecified atom stereocenters. The van der Waals surface area contributed by atoms with E-state index >= 15 is 0 Å². The molecular weight excluding hydrogens is 392 g/mol. The number of hydrogen-bond donors (Lipinski definition) is 1. The van der Waals surface area contributed by atoms with E-state index in [0.717, 1.165) is 31.1 Å². The lowest BCUT2D eigenvalue weighted by atomic mass is 9.87. The number of benzene rings is 1. The minimum Gasteiger partial charge on any atom is -0.301 e. The molecular formula is C18H21ClN2O3S2. The number of nitrogens with one attached hydrogen (secondary N) is 1. The van der Waals surface area contributed by atoms with Gasteiger partial charge in [0.1, 0.15) is 0 Å². The number of amides is 1. The summed E-state index contributed by atoms with van der Waals surface area (Å²) in [4.78, 5) is 17.1. The predicted octanol–water partition coefficient (Wildman–Crippen LogP) is 4.50. The fraction of sp³-hybridized carbons (Fsp3) is 0.444. The average molecular weight is 413 g/mol. The highest BCUT2D eigenvalue weighted by molar-refractivity contribution is 7.90. The molecule has 0 saturated heterocycles. The second kappa shape index (κ2) is 8.06. The zero-order valence-electron chi connectivity index (χ0n) is 14.4. The van der Waals surface area contributed by atoms with Gasteiger partial charge in [-0.3, -0.25) is 4.79 Å². The molecule has 0 aliphatic heterocycles. The standard InChI is InChI=1S/C18H21ClN2O3S2/c1-26(23,24)16-7-6-13(11-15(16)19)14(10-12-4-2-3-5-12)17(22)21-18-20-8-9-25-18/h6-9,11-12,14H,2-5,10H2,1H3,(H,20,21,22). The molecule has 1 aliphatic carbocycles. The van der Waals surface area contributed by atoms with Crippen molar-refractivity contribution in [1.29, 1.82) is 0 Å². The van der Waals surface area contributed by atoms with Crippen LogP contribution in [0.4, 0.5) is 5.13 Å². The third kappa shape index (κ3) is 4.64. The molecule has 5 nitrogen and oxygen atoms in total. The molecule has 3 rings (SSSR count). The maximum absolute atomic E-state index is 12.9. The molecule has 0 radical (unpaired) electrons. The normalized spacial score (nSPS) is 16.5. The van der Waals surface area contributed by atoms with Gasteiger partial charge >= 0.3 is 0 Å². The molecule has 1 aromatic carbocycles. The SMILES string of the molecule is CS(=O)(=O)c1ccc(C(CC2CCCC2)C(=O)Nc2nccs2)cc1Cl. The van der Waals surface area contributed by atoms with Gasteiger partial charge in [-0.05, 0) is 30.0 Å². The van der Waals surface area contributed by atoms with Crippen molar-refractivity contribution in [3.05, 3.63) is 40.4 Å². The Hall–Kier alpha value is -1.44. The van der Waals surface area contributed by atoms with Gasteiger partial charge < -0.3 is 5.32 Å². The summed E-state index contributed by atoms with van der Waals surface area (Å²) in [6.45, 7) is 0. The summed E-state index contributed by atoms with van der Waals surface area (Å²) in [5, 5.41) is 5.39. The highest BCUT2D eigenvalue weighted by atomic mass is 35.5. The molecule has 26 heavy (non-hydrogen) atoms. The average Bonchev–Trinajstić information content (AvgIpc) is 3.24. The van der Waals surface area contributed by atoms with Crippen molar-refractivity contribution >= 4 is 43.8 Å². The first-order valence-electron chi connectivity index (χ1n) is 8.54. The van der Waals surface area contributed by atoms with Crippen LogP contribution in [0.3, 0.4) is 0 Å². The van der Waals surface area contributed by atoms with Crippen LogP contribution in [0.5, 0.6) is 0 Å². The summed E-state index contributed by atoms with van der Waals surface area (Å²) in [5.74, 6) is -0.0152. The van der Waals surface area contributed by atoms with Crippen molar-refractivity contribution in [2.45, 2.75) is 42.9 Å². The maximum Gasteiger partial charge on any atom is 0.233 e. The van der Waals surface area contributed by atoms with Crippen LogP contribution in [0.15, 0.2) is 34.7 Å². The molecule has 1 amide bonds. The zero-order chi connectivity index (χ0) is 18.7. The Kier molecular flexibility index (Phi) is 5.99. The summed E-state index contributed by atoms with van der Waals surface area (Å²) in [6, 6.07) is 4.80. The Labute approximate surface area is 162 Å². The van der Waals surface area contributed by atoms with Gasteiger partial charge in [-0.2, -0.15) is 0 Å². The number of anilines is 1. The minimum atomic E-state index is -3.40. The van der Waals surface area contributed by atoms with Crippen molar-refractivity contribution in [1.82, 2.24) is 4.98 Å². The molecule has 0 spiro atoms. The molecule has 1 heterocycles. The smallest absolute Gasteiger partial charge is 0.233 e. The lowest BCUT2D eigenvalue weighted by molar-refractivity contribution is -0.118. The third-order valence-corrected chi connectivity index (χ3v) is 7.05. The van der Waals surface area contributed by atoms with E-state index in [1.54, 1.807) is 23.7 Å². The fourth-order valence-corrected chi connectivity index (χ4v) is 5.36. The van der Waals surface area contributed by atoms with E-state index in [0.29, 0.717) is 11.0 Å². The van der Waals surface area contributed by atoms with E-state index in [1.807, 2.05) is 0 Å². The van der Waals surface area contributed by atoms with Gasteiger partial charge in [-0.15, -0.1) is 11.3 Å². The van der Waals surface area contributed by atoms with Gasteiger partial charge in [0.05, 0.1) is 15.8 Å². The Morgan fingerprint density at radius 3 is 2.69 bits per heavy atom. The molecule has 1 atom stereocenters. The highest BCUT2D eigenvalue weighted by Crippen LogP contribution is 2.36. The van der Waals surface area contributed by atoms with Gasteiger partial charge in [0, 0.05) is 17.8 Å². The molecule has 0 bridgehead atoms. The van der Waals surface area contributed by atoms with Crippen LogP contribution in [0.1, 0.15) is 43.6 Å². The topological polar surface area (TPSA) is 76.1 Å². The first-order valence-corrected chi connectivity index (χ1v) is 11.7. The van der Waals surface area contributed by atoms with Gasteiger partial charge in [0.2, 0.25) is 5.91 Å². The van der Waals surface area contributed by atoms with Gasteiger partial charge in [0.25, 0.3) is 0 Å². The van der Waals surface area contributed by atoms with Crippen molar-refractivity contribution < 1.29 is 13.2 Å². The van der Waals surface area contributed by atoms with Crippen LogP contribution in [-0.4, -0.2) is 25.6 Å². The molecule has 140 valence electrons. The zero-order valence-corrected chi connectivity index (χ0v) is 16.8. The van der Waals surface area contributed by atoms with Crippen LogP contribution in [-0.2, 0) is 14.6 Å². The second-order valence-electron chi connectivity index (χ2n) is 6.73. The molecule has 1 aliphatic rings. The summed E-state index contributed by atoms with van der Waals surface area (Å²) >= 11 is 7.57. The third-order valence-electron chi connectivity index (χ3n) is 4.78. The Morgan fingerprint density at radius 2 is 2.12 bits per heavy atom. The van der Waals surface area contributed by atoms with E-state index < -0.39 is 9.84 Å². The molecule has 1 aromatic heterocycles. The Bertz CT molecular complexity index is 876. The van der Waals surface area contributed by atoms with Crippen molar-refractivity contribution in [2.75, 3.05) is 11.6 Å². The van der Waals surface area contributed by atoms with Crippen LogP contribution in [0.2, 0.25) is 5.02 Å². The number of carbonyl (C=O) groups excluding carboxylic acids is 1. The van der Waals surface area contributed by atoms with Crippen LogP contribution in [0.25, 0.3) is 0 Å². The van der Waals surface area contributed by atoms with Gasteiger partial charge in [-0.1, -0.05) is 43.4 Å². The van der Waals surface area contributed by atoms with E-state index in [2.05, 4.69) is 10.3 Å². The summed E-state index contributed by atoms with van der Waals surface area (Å²) in [7, 11) is -3.40. The van der Waals surface area contributed by atoms with E-state index in [1.165, 1.54) is 30.2 Å². The van der Waals surface area contributed by atoms with Crippen molar-refractivity contribution in [3.63, 3.8) is 0 Å². The Morgan fingerprint density at radius 1 is 1.38 bits per heavy atom. The van der Waals surface area contributed by atoms with E-state index in [9.17, 15) is 13.2 Å². The lowest BCUT2D eigenvalue weighted by Crippen LogP contribution is -2.23. The molecule has 1 saturated carbocycles. The summed E-state index contributed by atoms with van der Waals surface area (Å²) in [6.07, 6.45) is 8.12. The van der Waals surface area contributed by atoms with Crippen LogP contribution >= 0.6 is 22.9 Å². The Balaban J connectivity index is 1.89. The number of halogens is 1. The van der Waals surface area contributed by atoms with Gasteiger partial charge in [-0.25, -0.2) is 13.4 Å². The fourth-order valence-electron chi connectivity index (χ4n) is 3.49. The number of thiazole rings is 1. The van der Waals surface area contributed by atoms with Crippen molar-refractivity contribution in [2.24, 2.45) is 5.92 Å². The van der Waals surface area contributed by atoms with Crippen LogP contribution < -0.4 is 5.32 Å². The van der Waals surface area contributed by atoms with Crippen LogP contribution in [0, 0.1) is 5.92 Å². The largest absolute Gasteiger partial charge is 0.301 e. The van der Waals surface area contributed by atoms with Gasteiger partial charge in [0.15, 0.2) is 15.0 Å². The maximum atomic E-state index is 12.9. The lowest BCUT2D eigenvalue weighted by Gasteiger charge is -2.20. The molecule has 2 aromatic rings. The number of nitrogens with zero attached hydrogens (tertiary/aromatic N) is 1. The molecule has 1 N–H and O–H groups in total. The number of sulfone groups is 1. The molecule has 1 fully saturated rings. The number of carbonyl (C=O) groups is 1. The monoisotopic (exact) mass is 412 g/mol. The first kappa shape index (κ1) is 19.3. The number of rotatable bonds is 6. The number of hydrogen-bond acceptors (Lipinski definition) is 5. The summed E-state index contributed by atoms with van der Waals surface area (Å²) in [5.41, 5.74) is 0.739. The first-order chi connectivity index (χ1) is 12.3. The predicted molar refractivity (Wildman–Crippen MR) is 105 cm³/mol. The quantitative estimate of drug-likeness (QED) is 0.757. The van der Waals surface area contributed by atoms with E-state index in [4.69, 9.17) is 11.6 Å².